The molecule has 0 spiro atoms. The van der Waals surface area contributed by atoms with E-state index in [1.54, 1.807) is 5.48 Å². The summed E-state index contributed by atoms with van der Waals surface area (Å²) in [5.74, 6) is -1.41. The Kier molecular flexibility index (Phi) is 8.05. The summed E-state index contributed by atoms with van der Waals surface area (Å²) < 4.78 is 0. The molecule has 2 N–H and O–H groups in total. The number of amides is 3. The predicted molar refractivity (Wildman–Crippen MR) is 128 cm³/mol. The number of nitrogens with one attached hydrogen (secondary N) is 1. The molecule has 3 atom stereocenters. The molecule has 3 amide bonds. The van der Waals surface area contributed by atoms with Gasteiger partial charge in [-0.05, 0) is 44.4 Å². The Hall–Kier alpha value is -2.65. The highest BCUT2D eigenvalue weighted by molar-refractivity contribution is 5.88. The first kappa shape index (κ1) is 24.5. The van der Waals surface area contributed by atoms with E-state index in [9.17, 15) is 19.6 Å². The molecule has 2 heterocycles. The lowest BCUT2D eigenvalue weighted by Crippen LogP contribution is -2.53. The number of piperazine rings is 2. The minimum Gasteiger partial charge on any atom is -0.368 e. The summed E-state index contributed by atoms with van der Waals surface area (Å²) in [4.78, 5) is 47.0. The topological polar surface area (TPSA) is 96.4 Å². The monoisotopic (exact) mass is 471 g/mol. The SMILES string of the molecule is CN1CCN(C(=O)CC2CCC(C(=O)N3CCN(c4ccccc4)CC3)C(C(=O)NO)C2)CC1. The Morgan fingerprint density at radius 3 is 2.18 bits per heavy atom. The lowest BCUT2D eigenvalue weighted by atomic mass is 9.72. The Morgan fingerprint density at radius 2 is 1.53 bits per heavy atom. The van der Waals surface area contributed by atoms with Crippen molar-refractivity contribution in [1.82, 2.24) is 20.2 Å². The Balaban J connectivity index is 1.33. The first-order valence-electron chi connectivity index (χ1n) is 12.4. The van der Waals surface area contributed by atoms with Crippen LogP contribution in [0.4, 0.5) is 5.69 Å². The summed E-state index contributed by atoms with van der Waals surface area (Å²) >= 11 is 0. The lowest BCUT2D eigenvalue weighted by molar-refractivity contribution is -0.148. The van der Waals surface area contributed by atoms with Crippen LogP contribution in [0.5, 0.6) is 0 Å². The molecule has 186 valence electrons. The van der Waals surface area contributed by atoms with Crippen molar-refractivity contribution in [1.29, 1.82) is 0 Å². The number of likely N-dealkylation sites (N-methyl/N-ethyl adjacent to an activating group) is 1. The summed E-state index contributed by atoms with van der Waals surface area (Å²) in [6.45, 7) is 5.95. The Labute approximate surface area is 201 Å². The van der Waals surface area contributed by atoms with Gasteiger partial charge in [0, 0.05) is 70.4 Å². The fourth-order valence-electron chi connectivity index (χ4n) is 5.60. The summed E-state index contributed by atoms with van der Waals surface area (Å²) in [6, 6.07) is 10.2. The average Bonchev–Trinajstić information content (AvgIpc) is 2.88. The third-order valence-corrected chi connectivity index (χ3v) is 7.76. The zero-order chi connectivity index (χ0) is 24.1. The second kappa shape index (κ2) is 11.2. The third-order valence-electron chi connectivity index (χ3n) is 7.76. The molecular weight excluding hydrogens is 434 g/mol. The third kappa shape index (κ3) is 5.70. The van der Waals surface area contributed by atoms with Crippen LogP contribution in [0.15, 0.2) is 30.3 Å². The molecule has 2 aliphatic heterocycles. The molecule has 0 aromatic heterocycles. The van der Waals surface area contributed by atoms with Gasteiger partial charge in [-0.2, -0.15) is 0 Å². The van der Waals surface area contributed by atoms with Crippen LogP contribution in [0.3, 0.4) is 0 Å². The molecular formula is C25H37N5O4. The average molecular weight is 472 g/mol. The molecule has 4 rings (SSSR count). The second-order valence-corrected chi connectivity index (χ2v) is 9.90. The van der Waals surface area contributed by atoms with Gasteiger partial charge in [0.1, 0.15) is 0 Å². The van der Waals surface area contributed by atoms with E-state index in [1.807, 2.05) is 28.0 Å². The summed E-state index contributed by atoms with van der Waals surface area (Å²) in [6.07, 6.45) is 2.16. The first-order chi connectivity index (χ1) is 16.5. The molecule has 9 heteroatoms. The van der Waals surface area contributed by atoms with Crippen molar-refractivity contribution in [3.8, 4) is 0 Å². The van der Waals surface area contributed by atoms with Crippen molar-refractivity contribution in [3.05, 3.63) is 30.3 Å². The fourth-order valence-corrected chi connectivity index (χ4v) is 5.60. The molecule has 3 fully saturated rings. The van der Waals surface area contributed by atoms with E-state index in [2.05, 4.69) is 29.0 Å². The molecule has 1 saturated carbocycles. The van der Waals surface area contributed by atoms with Crippen LogP contribution in [-0.2, 0) is 14.4 Å². The zero-order valence-electron chi connectivity index (χ0n) is 20.1. The van der Waals surface area contributed by atoms with Gasteiger partial charge in [-0.1, -0.05) is 18.2 Å². The van der Waals surface area contributed by atoms with Crippen molar-refractivity contribution in [2.75, 3.05) is 64.3 Å². The lowest BCUT2D eigenvalue weighted by Gasteiger charge is -2.41. The van der Waals surface area contributed by atoms with Gasteiger partial charge >= 0.3 is 0 Å². The van der Waals surface area contributed by atoms with Gasteiger partial charge in [0.15, 0.2) is 0 Å². The number of carbonyl (C=O) groups is 3. The normalized spacial score (nSPS) is 26.3. The van der Waals surface area contributed by atoms with Crippen molar-refractivity contribution >= 4 is 23.4 Å². The number of rotatable bonds is 5. The van der Waals surface area contributed by atoms with E-state index in [-0.39, 0.29) is 17.7 Å². The number of hydrogen-bond acceptors (Lipinski definition) is 6. The molecule has 2 saturated heterocycles. The number of anilines is 1. The van der Waals surface area contributed by atoms with E-state index in [0.29, 0.717) is 32.4 Å². The molecule has 1 aromatic rings. The van der Waals surface area contributed by atoms with Crippen LogP contribution in [-0.4, -0.2) is 97.0 Å². The highest BCUT2D eigenvalue weighted by Crippen LogP contribution is 2.37. The minimum absolute atomic E-state index is 0.00911. The largest absolute Gasteiger partial charge is 0.368 e. The van der Waals surface area contributed by atoms with E-state index < -0.39 is 17.7 Å². The van der Waals surface area contributed by atoms with Gasteiger partial charge in [-0.15, -0.1) is 0 Å². The first-order valence-corrected chi connectivity index (χ1v) is 12.4. The molecule has 1 aromatic carbocycles. The summed E-state index contributed by atoms with van der Waals surface area (Å²) in [5, 5.41) is 9.34. The number of carbonyl (C=O) groups excluding carboxylic acids is 3. The highest BCUT2D eigenvalue weighted by Gasteiger charge is 2.42. The van der Waals surface area contributed by atoms with Crippen LogP contribution >= 0.6 is 0 Å². The maximum atomic E-state index is 13.4. The maximum absolute atomic E-state index is 13.4. The smallest absolute Gasteiger partial charge is 0.247 e. The Morgan fingerprint density at radius 1 is 0.882 bits per heavy atom. The molecule has 34 heavy (non-hydrogen) atoms. The van der Waals surface area contributed by atoms with Crippen LogP contribution in [0.1, 0.15) is 25.7 Å². The van der Waals surface area contributed by atoms with Crippen molar-refractivity contribution in [2.45, 2.75) is 25.7 Å². The van der Waals surface area contributed by atoms with Gasteiger partial charge < -0.3 is 19.6 Å². The highest BCUT2D eigenvalue weighted by atomic mass is 16.5. The quantitative estimate of drug-likeness (QED) is 0.492. The zero-order valence-corrected chi connectivity index (χ0v) is 20.1. The number of para-hydroxylation sites is 1. The Bertz CT molecular complexity index is 850. The van der Waals surface area contributed by atoms with Crippen molar-refractivity contribution < 1.29 is 19.6 Å². The molecule has 0 bridgehead atoms. The molecule has 9 nitrogen and oxygen atoms in total. The molecule has 0 radical (unpaired) electrons. The summed E-state index contributed by atoms with van der Waals surface area (Å²) in [7, 11) is 2.06. The molecule has 3 aliphatic rings. The standard InChI is InChI=1S/C25H37N5O4/c1-27-9-11-29(12-10-27)23(31)18-19-7-8-21(22(17-19)24(32)26-34)25(33)30-15-13-28(14-16-30)20-5-3-2-4-6-20/h2-6,19,21-22,34H,7-18H2,1H3,(H,26,32). The predicted octanol–water partition coefficient (Wildman–Crippen LogP) is 1.04. The van der Waals surface area contributed by atoms with Crippen LogP contribution in [0, 0.1) is 17.8 Å². The van der Waals surface area contributed by atoms with Crippen LogP contribution in [0.25, 0.3) is 0 Å². The van der Waals surface area contributed by atoms with Crippen molar-refractivity contribution in [2.24, 2.45) is 17.8 Å². The van der Waals surface area contributed by atoms with E-state index in [4.69, 9.17) is 0 Å². The van der Waals surface area contributed by atoms with Gasteiger partial charge in [0.25, 0.3) is 0 Å². The number of hydrogen-bond donors (Lipinski definition) is 2. The van der Waals surface area contributed by atoms with E-state index >= 15 is 0 Å². The van der Waals surface area contributed by atoms with Crippen LogP contribution < -0.4 is 10.4 Å². The minimum atomic E-state index is -0.608. The van der Waals surface area contributed by atoms with Gasteiger partial charge in [0.2, 0.25) is 17.7 Å². The fraction of sp³-hybridized carbons (Fsp3) is 0.640. The van der Waals surface area contributed by atoms with Gasteiger partial charge in [-0.25, -0.2) is 5.48 Å². The van der Waals surface area contributed by atoms with Gasteiger partial charge in [0.05, 0.1) is 5.92 Å². The number of nitrogens with zero attached hydrogens (tertiary/aromatic N) is 4. The van der Waals surface area contributed by atoms with Gasteiger partial charge in [-0.3, -0.25) is 19.6 Å². The van der Waals surface area contributed by atoms with E-state index in [0.717, 1.165) is 51.4 Å². The second-order valence-electron chi connectivity index (χ2n) is 9.90. The van der Waals surface area contributed by atoms with Crippen LogP contribution in [0.2, 0.25) is 0 Å². The number of benzene rings is 1. The van der Waals surface area contributed by atoms with E-state index in [1.165, 1.54) is 0 Å². The van der Waals surface area contributed by atoms with Crippen molar-refractivity contribution in [3.63, 3.8) is 0 Å². The molecule has 3 unspecified atom stereocenters. The maximum Gasteiger partial charge on any atom is 0.247 e. The molecule has 1 aliphatic carbocycles. The summed E-state index contributed by atoms with van der Waals surface area (Å²) in [5.41, 5.74) is 2.92. The number of hydroxylamine groups is 1.